The van der Waals surface area contributed by atoms with Gasteiger partial charge in [0.1, 0.15) is 12.2 Å². The fraction of sp³-hybridized carbons (Fsp3) is 0.333. The molecule has 4 heteroatoms. The summed E-state index contributed by atoms with van der Waals surface area (Å²) < 4.78 is 5.77. The van der Waals surface area contributed by atoms with Crippen molar-refractivity contribution in [1.82, 2.24) is 4.90 Å². The summed E-state index contributed by atoms with van der Waals surface area (Å²) in [4.78, 5) is 2.32. The molecule has 0 bridgehead atoms. The number of morpholine rings is 1. The molecule has 1 fully saturated rings. The number of benzene rings is 2. The van der Waals surface area contributed by atoms with Gasteiger partial charge >= 0.3 is 0 Å². The number of ether oxygens (including phenoxy) is 1. The predicted molar refractivity (Wildman–Crippen MR) is 87.9 cm³/mol. The summed E-state index contributed by atoms with van der Waals surface area (Å²) in [5.41, 5.74) is 2.13. The molecule has 0 aliphatic carbocycles. The summed E-state index contributed by atoms with van der Waals surface area (Å²) in [5.74, 6) is 0. The minimum Gasteiger partial charge on any atom is -0.386 e. The van der Waals surface area contributed by atoms with Gasteiger partial charge in [0.05, 0.1) is 6.61 Å². The Morgan fingerprint density at radius 3 is 2.59 bits per heavy atom. The Morgan fingerprint density at radius 1 is 1.14 bits per heavy atom. The first-order valence-corrected chi connectivity index (χ1v) is 7.91. The zero-order valence-corrected chi connectivity index (χ0v) is 13.1. The van der Waals surface area contributed by atoms with Gasteiger partial charge < -0.3 is 9.84 Å². The Morgan fingerprint density at radius 2 is 1.86 bits per heavy atom. The van der Waals surface area contributed by atoms with E-state index in [0.717, 1.165) is 25.2 Å². The lowest BCUT2D eigenvalue weighted by molar-refractivity contribution is -0.0918. The van der Waals surface area contributed by atoms with Gasteiger partial charge in [-0.3, -0.25) is 4.90 Å². The van der Waals surface area contributed by atoms with Gasteiger partial charge in [-0.15, -0.1) is 0 Å². The largest absolute Gasteiger partial charge is 0.386 e. The Labute approximate surface area is 136 Å². The fourth-order valence-corrected chi connectivity index (χ4v) is 2.91. The molecule has 2 atom stereocenters. The van der Waals surface area contributed by atoms with Crippen molar-refractivity contribution < 1.29 is 9.84 Å². The van der Waals surface area contributed by atoms with Crippen molar-refractivity contribution in [1.29, 1.82) is 0 Å². The zero-order chi connectivity index (χ0) is 15.4. The first-order valence-electron chi connectivity index (χ1n) is 7.54. The molecule has 0 radical (unpaired) electrons. The van der Waals surface area contributed by atoms with Crippen LogP contribution in [0.3, 0.4) is 0 Å². The number of nitrogens with zero attached hydrogens (tertiary/aromatic N) is 1. The van der Waals surface area contributed by atoms with Crippen molar-refractivity contribution in [2.24, 2.45) is 0 Å². The van der Waals surface area contributed by atoms with Crippen molar-refractivity contribution in [2.75, 3.05) is 19.7 Å². The van der Waals surface area contributed by atoms with Gasteiger partial charge in [0, 0.05) is 24.7 Å². The van der Waals surface area contributed by atoms with Crippen LogP contribution in [0.2, 0.25) is 5.02 Å². The molecule has 1 saturated heterocycles. The van der Waals surface area contributed by atoms with E-state index in [1.165, 1.54) is 5.56 Å². The van der Waals surface area contributed by atoms with Crippen molar-refractivity contribution in [3.63, 3.8) is 0 Å². The lowest BCUT2D eigenvalue weighted by atomic mass is 10.0. The molecule has 0 unspecified atom stereocenters. The molecule has 0 amide bonds. The summed E-state index contributed by atoms with van der Waals surface area (Å²) in [5, 5.41) is 11.2. The first-order chi connectivity index (χ1) is 10.7. The average Bonchev–Trinajstić information content (AvgIpc) is 2.56. The molecule has 0 aromatic heterocycles. The maximum absolute atomic E-state index is 10.5. The lowest BCUT2D eigenvalue weighted by Crippen LogP contribution is -2.44. The highest BCUT2D eigenvalue weighted by molar-refractivity contribution is 6.30. The van der Waals surface area contributed by atoms with E-state index >= 15 is 0 Å². The van der Waals surface area contributed by atoms with Crippen LogP contribution in [0.25, 0.3) is 0 Å². The van der Waals surface area contributed by atoms with Gasteiger partial charge in [0.2, 0.25) is 0 Å². The number of halogens is 1. The molecule has 2 aromatic rings. The van der Waals surface area contributed by atoms with E-state index in [9.17, 15) is 5.11 Å². The van der Waals surface area contributed by atoms with E-state index in [0.29, 0.717) is 11.6 Å². The summed E-state index contributed by atoms with van der Waals surface area (Å²) in [7, 11) is 0. The Hall–Kier alpha value is -1.39. The van der Waals surface area contributed by atoms with Gasteiger partial charge in [-0.05, 0) is 23.3 Å². The second-order valence-electron chi connectivity index (χ2n) is 5.63. The molecule has 3 rings (SSSR count). The van der Waals surface area contributed by atoms with Gasteiger partial charge in [-0.1, -0.05) is 54.1 Å². The molecule has 2 aromatic carbocycles. The normalized spacial score (nSPS) is 20.7. The highest BCUT2D eigenvalue weighted by Gasteiger charge is 2.27. The van der Waals surface area contributed by atoms with E-state index in [1.54, 1.807) is 12.1 Å². The van der Waals surface area contributed by atoms with Gasteiger partial charge in [0.25, 0.3) is 0 Å². The molecule has 3 nitrogen and oxygen atoms in total. The van der Waals surface area contributed by atoms with E-state index in [2.05, 4.69) is 29.2 Å². The summed E-state index contributed by atoms with van der Waals surface area (Å²) in [6.07, 6.45) is -0.838. The van der Waals surface area contributed by atoms with E-state index < -0.39 is 6.10 Å². The van der Waals surface area contributed by atoms with Crippen LogP contribution in [-0.2, 0) is 11.3 Å². The number of aliphatic hydroxyl groups is 1. The van der Waals surface area contributed by atoms with E-state index in [4.69, 9.17) is 16.3 Å². The van der Waals surface area contributed by atoms with Crippen LogP contribution in [0.5, 0.6) is 0 Å². The minimum atomic E-state index is -0.629. The number of aliphatic hydroxyl groups excluding tert-OH is 1. The fourth-order valence-electron chi connectivity index (χ4n) is 2.78. The van der Waals surface area contributed by atoms with Gasteiger partial charge in [-0.25, -0.2) is 0 Å². The highest BCUT2D eigenvalue weighted by atomic mass is 35.5. The molecular weight excluding hydrogens is 298 g/mol. The minimum absolute atomic E-state index is 0.210. The van der Waals surface area contributed by atoms with Crippen LogP contribution >= 0.6 is 11.6 Å². The van der Waals surface area contributed by atoms with Gasteiger partial charge in [0.15, 0.2) is 0 Å². The molecule has 1 aliphatic heterocycles. The summed E-state index contributed by atoms with van der Waals surface area (Å²) in [6, 6.07) is 17.7. The molecule has 1 heterocycles. The van der Waals surface area contributed by atoms with Crippen LogP contribution in [0.4, 0.5) is 0 Å². The number of rotatable bonds is 4. The SMILES string of the molecule is O[C@@H](c1ccc(Cl)cc1)[C@@H]1CN(Cc2ccccc2)CCO1. The molecular formula is C18H20ClNO2. The quantitative estimate of drug-likeness (QED) is 0.939. The Bertz CT molecular complexity index is 588. The molecule has 1 N–H and O–H groups in total. The molecule has 1 aliphatic rings. The van der Waals surface area contributed by atoms with Gasteiger partial charge in [-0.2, -0.15) is 0 Å². The first kappa shape index (κ1) is 15.5. The topological polar surface area (TPSA) is 32.7 Å². The van der Waals surface area contributed by atoms with Crippen LogP contribution in [0, 0.1) is 0 Å². The summed E-state index contributed by atoms with van der Waals surface area (Å²) >= 11 is 5.89. The van der Waals surface area contributed by atoms with Crippen molar-refractivity contribution in [2.45, 2.75) is 18.8 Å². The summed E-state index contributed by atoms with van der Waals surface area (Å²) in [6.45, 7) is 3.13. The van der Waals surface area contributed by atoms with E-state index in [1.807, 2.05) is 18.2 Å². The monoisotopic (exact) mass is 317 g/mol. The van der Waals surface area contributed by atoms with Crippen LogP contribution in [-0.4, -0.2) is 35.8 Å². The number of hydrogen-bond donors (Lipinski definition) is 1. The third-order valence-corrected chi connectivity index (χ3v) is 4.24. The van der Waals surface area contributed by atoms with Crippen molar-refractivity contribution >= 4 is 11.6 Å². The standard InChI is InChI=1S/C18H20ClNO2/c19-16-8-6-15(7-9-16)18(21)17-13-20(10-11-22-17)12-14-4-2-1-3-5-14/h1-9,17-18,21H,10-13H2/t17-,18-/m0/s1. The smallest absolute Gasteiger partial charge is 0.106 e. The maximum Gasteiger partial charge on any atom is 0.106 e. The van der Waals surface area contributed by atoms with Crippen molar-refractivity contribution in [3.05, 3.63) is 70.7 Å². The third kappa shape index (κ3) is 3.87. The highest BCUT2D eigenvalue weighted by Crippen LogP contribution is 2.24. The Kier molecular flexibility index (Phi) is 5.11. The third-order valence-electron chi connectivity index (χ3n) is 3.99. The number of hydrogen-bond acceptors (Lipinski definition) is 3. The molecule has 0 saturated carbocycles. The van der Waals surface area contributed by atoms with Crippen molar-refractivity contribution in [3.8, 4) is 0 Å². The van der Waals surface area contributed by atoms with Crippen LogP contribution < -0.4 is 0 Å². The predicted octanol–water partition coefficient (Wildman–Crippen LogP) is 3.27. The molecule has 0 spiro atoms. The lowest BCUT2D eigenvalue weighted by Gasteiger charge is -2.35. The van der Waals surface area contributed by atoms with Crippen LogP contribution in [0.15, 0.2) is 54.6 Å². The Balaban J connectivity index is 1.63. The zero-order valence-electron chi connectivity index (χ0n) is 12.4. The van der Waals surface area contributed by atoms with E-state index in [-0.39, 0.29) is 6.10 Å². The van der Waals surface area contributed by atoms with Crippen LogP contribution in [0.1, 0.15) is 17.2 Å². The molecule has 116 valence electrons. The maximum atomic E-state index is 10.5. The average molecular weight is 318 g/mol. The molecule has 22 heavy (non-hydrogen) atoms. The second-order valence-corrected chi connectivity index (χ2v) is 6.06. The second kappa shape index (κ2) is 7.25.